The number of anilines is 1. The summed E-state index contributed by atoms with van der Waals surface area (Å²) in [4.78, 5) is 41.3. The van der Waals surface area contributed by atoms with Crippen LogP contribution in [0.25, 0.3) is 11.2 Å². The highest BCUT2D eigenvalue weighted by molar-refractivity contribution is 7.47. The first-order chi connectivity index (χ1) is 12.2. The van der Waals surface area contributed by atoms with Crippen molar-refractivity contribution in [2.75, 3.05) is 12.3 Å². The molecular weight excluding hydrogens is 379 g/mol. The number of hydrogen-bond acceptors (Lipinski definition) is 11. The average Bonchev–Trinajstić information content (AvgIpc) is 3.05. The number of phosphoric acid groups is 1. The highest BCUT2D eigenvalue weighted by atomic mass is 31.2. The Morgan fingerprint density at radius 1 is 1.46 bits per heavy atom. The van der Waals surface area contributed by atoms with Crippen LogP contribution in [-0.4, -0.2) is 59.4 Å². The van der Waals surface area contributed by atoms with Crippen LogP contribution in [0.5, 0.6) is 0 Å². The average molecular weight is 390 g/mol. The predicted octanol–water partition coefficient (Wildman–Crippen LogP) is -1.62. The van der Waals surface area contributed by atoms with E-state index in [0.717, 1.165) is 4.57 Å². The van der Waals surface area contributed by atoms with Gasteiger partial charge in [0.05, 0.1) is 6.61 Å². The van der Waals surface area contributed by atoms with E-state index in [9.17, 15) is 29.5 Å². The number of rotatable bonds is 2. The van der Waals surface area contributed by atoms with Crippen molar-refractivity contribution >= 4 is 30.9 Å². The van der Waals surface area contributed by atoms with E-state index in [-0.39, 0.29) is 23.7 Å². The number of ether oxygens (including phenoxy) is 1. The first-order valence-corrected chi connectivity index (χ1v) is 8.59. The Labute approximate surface area is 142 Å². The molecule has 5 N–H and O–H groups in total. The topological polar surface area (TPSA) is 218 Å². The molecule has 0 aliphatic carbocycles. The summed E-state index contributed by atoms with van der Waals surface area (Å²) in [6.07, 6.45) is -5.37. The summed E-state index contributed by atoms with van der Waals surface area (Å²) >= 11 is 0. The fraction of sp³-hybridized carbons (Fsp3) is 0.500. The van der Waals surface area contributed by atoms with E-state index in [1.165, 1.54) is 0 Å². The molecule has 16 heteroatoms. The summed E-state index contributed by atoms with van der Waals surface area (Å²) in [5.74, 6) is -1.16. The van der Waals surface area contributed by atoms with E-state index >= 15 is 0 Å². The molecule has 2 aromatic heterocycles. The van der Waals surface area contributed by atoms with Gasteiger partial charge in [0.2, 0.25) is 17.8 Å². The lowest BCUT2D eigenvalue weighted by Gasteiger charge is -2.27. The second kappa shape index (κ2) is 5.54. The van der Waals surface area contributed by atoms with Gasteiger partial charge in [0.25, 0.3) is 11.1 Å². The number of aliphatic hydroxyl groups excluding tert-OH is 1. The Morgan fingerprint density at radius 2 is 2.19 bits per heavy atom. The number of H-pyrrole nitrogens is 1. The quantitative estimate of drug-likeness (QED) is 0.258. The Balaban J connectivity index is 1.86. The zero-order valence-corrected chi connectivity index (χ0v) is 13.5. The second-order valence-corrected chi connectivity index (χ2v) is 6.96. The molecule has 0 aromatic carbocycles. The first-order valence-electron chi connectivity index (χ1n) is 7.09. The van der Waals surface area contributed by atoms with Gasteiger partial charge in [0.15, 0.2) is 0 Å². The van der Waals surface area contributed by atoms with Crippen LogP contribution in [0.15, 0.2) is 4.79 Å². The molecule has 0 bridgehead atoms. The number of aliphatic hydroxyl groups is 1. The van der Waals surface area contributed by atoms with Gasteiger partial charge >= 0.3 is 13.8 Å². The van der Waals surface area contributed by atoms with Crippen molar-refractivity contribution in [3.63, 3.8) is 0 Å². The maximum absolute atomic E-state index is 11.9. The van der Waals surface area contributed by atoms with E-state index in [1.54, 1.807) is 0 Å². The van der Waals surface area contributed by atoms with Gasteiger partial charge in [-0.25, -0.2) is 4.57 Å². The molecule has 2 aliphatic heterocycles. The highest BCUT2D eigenvalue weighted by Crippen LogP contribution is 2.52. The molecule has 0 amide bonds. The number of nitro groups is 1. The molecule has 0 radical (unpaired) electrons. The third-order valence-corrected chi connectivity index (χ3v) is 4.92. The molecule has 0 saturated carbocycles. The summed E-state index contributed by atoms with van der Waals surface area (Å²) in [6, 6.07) is 0. The second-order valence-electron chi connectivity index (χ2n) is 5.55. The third-order valence-electron chi connectivity index (χ3n) is 3.93. The van der Waals surface area contributed by atoms with Gasteiger partial charge in [-0.3, -0.25) is 18.8 Å². The Hall–Kier alpha value is -2.42. The maximum atomic E-state index is 11.9. The summed E-state index contributed by atoms with van der Waals surface area (Å²) in [7, 11) is -4.38. The lowest BCUT2D eigenvalue weighted by molar-refractivity contribution is -0.398. The van der Waals surface area contributed by atoms with Crippen molar-refractivity contribution in [3.8, 4) is 0 Å². The smallest absolute Gasteiger partial charge is 0.390 e. The Bertz CT molecular complexity index is 1020. The van der Waals surface area contributed by atoms with Crippen LogP contribution in [0.3, 0.4) is 0 Å². The maximum Gasteiger partial charge on any atom is 0.472 e. The molecule has 2 aromatic rings. The molecule has 4 heterocycles. The number of imidazole rings is 1. The third kappa shape index (κ3) is 2.49. The molecule has 4 rings (SSSR count). The summed E-state index contributed by atoms with van der Waals surface area (Å²) < 4.78 is 27.2. The van der Waals surface area contributed by atoms with Crippen molar-refractivity contribution in [2.45, 2.75) is 24.5 Å². The monoisotopic (exact) mass is 390 g/mol. The van der Waals surface area contributed by atoms with Gasteiger partial charge in [-0.1, -0.05) is 4.98 Å². The summed E-state index contributed by atoms with van der Waals surface area (Å²) in [6.45, 7) is -0.386. The van der Waals surface area contributed by atoms with Crippen LogP contribution < -0.4 is 11.3 Å². The minimum Gasteiger partial charge on any atom is -0.390 e. The van der Waals surface area contributed by atoms with Crippen LogP contribution in [0.4, 0.5) is 11.9 Å². The zero-order valence-electron chi connectivity index (χ0n) is 12.6. The van der Waals surface area contributed by atoms with Crippen LogP contribution in [0, 0.1) is 10.1 Å². The SMILES string of the molecule is Nc1nc2c(nc([N+](=O)[O-])n2[C@@H]2O[C@@H]3COP(=O)(O)O[C@H]3[C@H]2O)c(=O)[nH]1. The van der Waals surface area contributed by atoms with Crippen molar-refractivity contribution in [1.29, 1.82) is 0 Å². The minimum atomic E-state index is -4.38. The number of nitrogens with one attached hydrogen (secondary N) is 1. The molecule has 15 nitrogen and oxygen atoms in total. The molecule has 1 unspecified atom stereocenters. The van der Waals surface area contributed by atoms with Crippen molar-refractivity contribution < 1.29 is 33.3 Å². The van der Waals surface area contributed by atoms with E-state index < -0.39 is 48.8 Å². The standard InChI is InChI=1S/C10H11N6O9P/c11-9-13-6-3(7(18)14-9)12-10(16(19)20)15(6)8-4(17)5-2(24-8)1-23-26(21,22)25-5/h2,4-5,8,17H,1H2,(H,21,22)(H3,11,13,14,18)/t2-,4-,5-,8-/m1/s1. The zero-order chi connectivity index (χ0) is 18.8. The van der Waals surface area contributed by atoms with Crippen molar-refractivity contribution in [1.82, 2.24) is 19.5 Å². The Kier molecular flexibility index (Phi) is 3.62. The van der Waals surface area contributed by atoms with Crippen LogP contribution in [0.1, 0.15) is 6.23 Å². The van der Waals surface area contributed by atoms with Crippen LogP contribution in [-0.2, 0) is 18.3 Å². The van der Waals surface area contributed by atoms with Crippen LogP contribution in [0.2, 0.25) is 0 Å². The summed E-state index contributed by atoms with van der Waals surface area (Å²) in [5.41, 5.74) is 3.96. The first kappa shape index (κ1) is 17.0. The number of aromatic amines is 1. The van der Waals surface area contributed by atoms with Gasteiger partial charge in [0, 0.05) is 0 Å². The molecule has 2 fully saturated rings. The van der Waals surface area contributed by atoms with E-state index in [0.29, 0.717) is 0 Å². The number of nitrogens with two attached hydrogens (primary N) is 1. The van der Waals surface area contributed by atoms with Crippen LogP contribution >= 0.6 is 7.82 Å². The number of phosphoric ester groups is 1. The highest BCUT2D eigenvalue weighted by Gasteiger charge is 2.55. The molecule has 2 saturated heterocycles. The van der Waals surface area contributed by atoms with Gasteiger partial charge in [0.1, 0.15) is 18.3 Å². The number of nitrogen functional groups attached to an aromatic ring is 1. The molecule has 140 valence electrons. The number of nitrogens with zero attached hydrogens (tertiary/aromatic N) is 4. The molecule has 5 atom stereocenters. The molecule has 0 spiro atoms. The predicted molar refractivity (Wildman–Crippen MR) is 79.8 cm³/mol. The molecule has 26 heavy (non-hydrogen) atoms. The fourth-order valence-corrected chi connectivity index (χ4v) is 3.87. The molecule has 2 aliphatic rings. The van der Waals surface area contributed by atoms with Gasteiger partial charge in [-0.15, -0.1) is 0 Å². The van der Waals surface area contributed by atoms with E-state index in [2.05, 4.69) is 19.5 Å². The Morgan fingerprint density at radius 3 is 2.88 bits per heavy atom. The van der Waals surface area contributed by atoms with E-state index in [1.807, 2.05) is 0 Å². The largest absolute Gasteiger partial charge is 0.472 e. The van der Waals surface area contributed by atoms with Gasteiger partial charge < -0.3 is 30.6 Å². The minimum absolute atomic E-state index is 0.297. The van der Waals surface area contributed by atoms with E-state index in [4.69, 9.17) is 15.0 Å². The normalized spacial score (nSPS) is 34.1. The van der Waals surface area contributed by atoms with Gasteiger partial charge in [-0.05, 0) is 4.92 Å². The van der Waals surface area contributed by atoms with Crippen molar-refractivity contribution in [3.05, 3.63) is 20.5 Å². The number of fused-ring (bicyclic) bond motifs is 2. The number of aromatic nitrogens is 4. The lowest BCUT2D eigenvalue weighted by Crippen LogP contribution is -2.39. The fourth-order valence-electron chi connectivity index (χ4n) is 2.90. The lowest BCUT2D eigenvalue weighted by atomic mass is 10.1. The number of hydrogen-bond donors (Lipinski definition) is 4. The van der Waals surface area contributed by atoms with Gasteiger partial charge in [-0.2, -0.15) is 9.55 Å². The molecular formula is C10H11N6O9P. The summed E-state index contributed by atoms with van der Waals surface area (Å²) in [5, 5.41) is 21.8. The van der Waals surface area contributed by atoms with Crippen molar-refractivity contribution in [2.24, 2.45) is 0 Å².